The van der Waals surface area contributed by atoms with Crippen LogP contribution in [0.3, 0.4) is 0 Å². The molecule has 5 heterocycles. The average Bonchev–Trinajstić information content (AvgIpc) is 3.27. The molecule has 0 amide bonds. The lowest BCUT2D eigenvalue weighted by Crippen LogP contribution is -2.29. The number of anilines is 5. The van der Waals surface area contributed by atoms with Gasteiger partial charge >= 0.3 is 0 Å². The minimum absolute atomic E-state index is 0.493. The summed E-state index contributed by atoms with van der Waals surface area (Å²) in [5.41, 5.74) is 9.78. The van der Waals surface area contributed by atoms with Crippen LogP contribution < -0.4 is 20.3 Å². The Hall–Kier alpha value is -6.51. The number of fused-ring (bicyclic) bond motifs is 14. The molecule has 2 N–H and O–H groups in total. The van der Waals surface area contributed by atoms with Crippen molar-refractivity contribution < 1.29 is 18.9 Å². The van der Waals surface area contributed by atoms with Crippen LogP contribution in [0.15, 0.2) is 134 Å². The monoisotopic (exact) mass is 819 g/mol. The summed E-state index contributed by atoms with van der Waals surface area (Å²) >= 11 is 0. The third-order valence-corrected chi connectivity index (χ3v) is 9.67. The number of nitrogens with one attached hydrogen (secondary N) is 2. The summed E-state index contributed by atoms with van der Waals surface area (Å²) in [4.78, 5) is 26.9. The Balaban J connectivity index is 0.000000189. The van der Waals surface area contributed by atoms with Gasteiger partial charge in [-0.2, -0.15) is 0 Å². The second-order valence-electron chi connectivity index (χ2n) is 14.8. The standard InChI is InChI=1S/C27H33N5O2.C21H20N4O2/c1-31(2)14-15-32(3)26-11-10-23-18-22(26)20-33-16-5-4-6-17-34-24-9-7-8-21(19-24)25-12-13-28-27(29-23)30-25;1-2-9-27-15-17-10-18(13-22-12-17)20-6-7-23-21(25-20)24-19-5-3-4-16(11-19)14-26-8-1/h4-5,7-13,18-19H,6,14-17,20H2,1-3H3,(H,28,29,30);1-7,10-13H,8-9,14-15H2,(H,23,24,25)/b5-4+;2-1+. The fourth-order valence-electron chi connectivity index (χ4n) is 6.52. The van der Waals surface area contributed by atoms with Gasteiger partial charge in [0, 0.05) is 78.7 Å². The van der Waals surface area contributed by atoms with Gasteiger partial charge in [-0.25, -0.2) is 19.9 Å². The van der Waals surface area contributed by atoms with E-state index >= 15 is 0 Å². The van der Waals surface area contributed by atoms with Crippen LogP contribution in [0.1, 0.15) is 23.1 Å². The van der Waals surface area contributed by atoms with Crippen LogP contribution in [0.2, 0.25) is 0 Å². The molecule has 61 heavy (non-hydrogen) atoms. The molecule has 0 unspecified atom stereocenters. The molecule has 13 heteroatoms. The maximum atomic E-state index is 5.99. The van der Waals surface area contributed by atoms with Crippen molar-refractivity contribution in [3.8, 4) is 28.3 Å². The lowest BCUT2D eigenvalue weighted by Gasteiger charge is -2.25. The zero-order valence-electron chi connectivity index (χ0n) is 35.0. The molecule has 0 fully saturated rings. The first-order valence-electron chi connectivity index (χ1n) is 20.4. The summed E-state index contributed by atoms with van der Waals surface area (Å²) < 4.78 is 23.3. The van der Waals surface area contributed by atoms with E-state index in [1.54, 1.807) is 24.8 Å². The molecule has 0 saturated heterocycles. The minimum atomic E-state index is 0.493. The first-order chi connectivity index (χ1) is 29.9. The Morgan fingerprint density at radius 1 is 0.607 bits per heavy atom. The van der Waals surface area contributed by atoms with E-state index in [2.05, 4.69) is 91.9 Å². The molecule has 2 aliphatic rings. The van der Waals surface area contributed by atoms with Crippen LogP contribution in [0.25, 0.3) is 22.5 Å². The van der Waals surface area contributed by atoms with E-state index < -0.39 is 0 Å². The first-order valence-corrected chi connectivity index (χ1v) is 20.4. The largest absolute Gasteiger partial charge is 0.493 e. The van der Waals surface area contributed by atoms with Crippen LogP contribution >= 0.6 is 0 Å². The highest BCUT2D eigenvalue weighted by Gasteiger charge is 2.12. The summed E-state index contributed by atoms with van der Waals surface area (Å²) in [6.07, 6.45) is 16.0. The van der Waals surface area contributed by atoms with Crippen molar-refractivity contribution in [2.45, 2.75) is 26.2 Å². The Bertz CT molecular complexity index is 2390. The second-order valence-corrected chi connectivity index (χ2v) is 14.8. The van der Waals surface area contributed by atoms with Crippen molar-refractivity contribution in [3.05, 3.63) is 151 Å². The summed E-state index contributed by atoms with van der Waals surface area (Å²) in [6, 6.07) is 28.2. The zero-order valence-corrected chi connectivity index (χ0v) is 35.0. The van der Waals surface area contributed by atoms with E-state index in [9.17, 15) is 0 Å². The maximum absolute atomic E-state index is 5.99. The van der Waals surface area contributed by atoms with Crippen molar-refractivity contribution in [1.82, 2.24) is 29.8 Å². The predicted octanol–water partition coefficient (Wildman–Crippen LogP) is 8.63. The molecule has 13 nitrogen and oxygen atoms in total. The number of hydrogen-bond donors (Lipinski definition) is 2. The summed E-state index contributed by atoms with van der Waals surface area (Å²) in [5.74, 6) is 1.92. The topological polar surface area (TPSA) is 132 Å². The number of nitrogens with zero attached hydrogens (tertiary/aromatic N) is 7. The molecule has 6 aromatic rings. The molecule has 2 aliphatic heterocycles. The molecule has 8 rings (SSSR count). The highest BCUT2D eigenvalue weighted by Crippen LogP contribution is 2.28. The van der Waals surface area contributed by atoms with Crippen LogP contribution in [-0.4, -0.2) is 90.5 Å². The fraction of sp³-hybridized carbons (Fsp3) is 0.271. The molecule has 0 atom stereocenters. The SMILES string of the molecule is C1=C/COCc2cncc(c2)-c2ccnc(n2)Nc2cccc(c2)COC/1.CN(C)CCN(C)c1ccc2cc1COC/C=C/CCOc1cccc(c1)-c1ccnc(n1)N2. The lowest BCUT2D eigenvalue weighted by atomic mass is 10.1. The van der Waals surface area contributed by atoms with Crippen molar-refractivity contribution in [2.75, 3.05) is 76.2 Å². The average molecular weight is 820 g/mol. The van der Waals surface area contributed by atoms with Crippen molar-refractivity contribution in [3.63, 3.8) is 0 Å². The van der Waals surface area contributed by atoms with Crippen LogP contribution in [0, 0.1) is 0 Å². The normalized spacial score (nSPS) is 15.3. The Labute approximate surface area is 358 Å². The van der Waals surface area contributed by atoms with E-state index in [0.717, 1.165) is 81.5 Å². The number of likely N-dealkylation sites (N-methyl/N-ethyl adjacent to an activating group) is 2. The van der Waals surface area contributed by atoms with Gasteiger partial charge in [0.25, 0.3) is 0 Å². The fourth-order valence-corrected chi connectivity index (χ4v) is 6.52. The number of rotatable bonds is 4. The number of aromatic nitrogens is 5. The molecule has 0 spiro atoms. The van der Waals surface area contributed by atoms with Gasteiger partial charge in [-0.1, -0.05) is 48.6 Å². The van der Waals surface area contributed by atoms with Gasteiger partial charge in [0.05, 0.1) is 57.6 Å². The van der Waals surface area contributed by atoms with Gasteiger partial charge in [-0.15, -0.1) is 0 Å². The molecule has 12 bridgehead atoms. The summed E-state index contributed by atoms with van der Waals surface area (Å²) in [6.45, 7) is 5.70. The van der Waals surface area contributed by atoms with E-state index in [4.69, 9.17) is 23.9 Å². The highest BCUT2D eigenvalue weighted by atomic mass is 16.5. The molecule has 0 saturated carbocycles. The third-order valence-electron chi connectivity index (χ3n) is 9.67. The van der Waals surface area contributed by atoms with E-state index in [1.165, 1.54) is 0 Å². The lowest BCUT2D eigenvalue weighted by molar-refractivity contribution is 0.140. The predicted molar refractivity (Wildman–Crippen MR) is 241 cm³/mol. The van der Waals surface area contributed by atoms with Crippen molar-refractivity contribution >= 4 is 29.0 Å². The minimum Gasteiger partial charge on any atom is -0.493 e. The molecule has 0 aliphatic carbocycles. The molecule has 3 aromatic carbocycles. The van der Waals surface area contributed by atoms with Gasteiger partial charge in [0.1, 0.15) is 5.75 Å². The quantitative estimate of drug-likeness (QED) is 0.165. The zero-order chi connectivity index (χ0) is 42.1. The Morgan fingerprint density at radius 3 is 2.07 bits per heavy atom. The summed E-state index contributed by atoms with van der Waals surface area (Å²) in [5, 5.41) is 6.62. The number of benzene rings is 3. The Morgan fingerprint density at radius 2 is 1.30 bits per heavy atom. The summed E-state index contributed by atoms with van der Waals surface area (Å²) in [7, 11) is 6.30. The van der Waals surface area contributed by atoms with Gasteiger partial charge in [-0.3, -0.25) is 4.98 Å². The molecule has 314 valence electrons. The molecular weight excluding hydrogens is 767 g/mol. The molecule has 0 radical (unpaired) electrons. The van der Waals surface area contributed by atoms with Gasteiger partial charge in [0.2, 0.25) is 11.9 Å². The molecule has 3 aromatic heterocycles. The van der Waals surface area contributed by atoms with Crippen molar-refractivity contribution in [1.29, 1.82) is 0 Å². The number of hydrogen-bond acceptors (Lipinski definition) is 13. The number of pyridine rings is 1. The van der Waals surface area contributed by atoms with E-state index in [0.29, 0.717) is 58.1 Å². The van der Waals surface area contributed by atoms with E-state index in [1.807, 2.05) is 78.9 Å². The number of ether oxygens (including phenoxy) is 4. The van der Waals surface area contributed by atoms with Crippen LogP contribution in [0.4, 0.5) is 29.0 Å². The van der Waals surface area contributed by atoms with Gasteiger partial charge in [0.15, 0.2) is 0 Å². The maximum Gasteiger partial charge on any atom is 0.227 e. The molecular formula is C48H53N9O4. The second kappa shape index (κ2) is 22.2. The van der Waals surface area contributed by atoms with E-state index in [-0.39, 0.29) is 0 Å². The first kappa shape index (κ1) is 42.6. The van der Waals surface area contributed by atoms with Gasteiger partial charge in [-0.05, 0) is 92.3 Å². The highest BCUT2D eigenvalue weighted by molar-refractivity contribution is 5.66. The van der Waals surface area contributed by atoms with Crippen molar-refractivity contribution in [2.24, 2.45) is 0 Å². The van der Waals surface area contributed by atoms with Crippen LogP contribution in [0.5, 0.6) is 5.75 Å². The van der Waals surface area contributed by atoms with Crippen LogP contribution in [-0.2, 0) is 34.0 Å². The third kappa shape index (κ3) is 13.2. The van der Waals surface area contributed by atoms with Gasteiger partial charge < -0.3 is 39.4 Å². The smallest absolute Gasteiger partial charge is 0.227 e. The Kier molecular flexibility index (Phi) is 15.5.